The fourth-order valence-corrected chi connectivity index (χ4v) is 18.3. The molecule has 6 saturated heterocycles. The van der Waals surface area contributed by atoms with Gasteiger partial charge in [-0.15, -0.1) is 0 Å². The van der Waals surface area contributed by atoms with Crippen LogP contribution in [0.25, 0.3) is 22.4 Å². The zero-order valence-corrected chi connectivity index (χ0v) is 59.7. The maximum Gasteiger partial charge on any atom is 0.409 e. The second-order valence-corrected chi connectivity index (χ2v) is 29.4. The van der Waals surface area contributed by atoms with Gasteiger partial charge in [-0.2, -0.15) is 0 Å². The molecule has 9 aliphatic rings. The fraction of sp³-hybridized carbons (Fsp3) is 0.537. The Bertz CT molecular complexity index is 3840. The average Bonchev–Trinajstić information content (AvgIpc) is 1.57. The number of furan rings is 1. The van der Waals surface area contributed by atoms with Gasteiger partial charge in [-0.05, 0) is 195 Å². The zero-order valence-electron chi connectivity index (χ0n) is 59.7. The third-order valence-electron chi connectivity index (χ3n) is 23.8. The van der Waals surface area contributed by atoms with Crippen LogP contribution in [-0.2, 0) is 46.5 Å². The van der Waals surface area contributed by atoms with Crippen molar-refractivity contribution < 1.29 is 42.3 Å². The summed E-state index contributed by atoms with van der Waals surface area (Å²) >= 11 is 0. The summed E-state index contributed by atoms with van der Waals surface area (Å²) in [6.07, 6.45) is 21.4. The number of amides is 5. The Morgan fingerprint density at radius 2 is 0.980 bits per heavy atom. The molecule has 20 heteroatoms. The molecule has 532 valence electrons. The van der Waals surface area contributed by atoms with Crippen molar-refractivity contribution >= 4 is 52.8 Å². The molecule has 0 atom stereocenters. The number of rotatable bonds is 10. The number of piperidine rings is 6. The SMILES string of the molecule is CC(=O)N1CC2(CCN(C3CCN(c4cncc(-c5ccc(F)cc5)n4)CC3)CC2)c2ccccc21.CCCc1cccc2c1N(C(C)=O)CC21CCN(C2CCN(C(=O)OCC)CC2)CC1.CCOC(=O)N1CCC(N2CCC3(CC2)CN(C(C)=O)c2c(-c4ccoc4)cccc23)CC1. The smallest absolute Gasteiger partial charge is 0.409 e. The van der Waals surface area contributed by atoms with Gasteiger partial charge in [0.25, 0.3) is 0 Å². The van der Waals surface area contributed by atoms with Crippen molar-refractivity contribution in [1.29, 1.82) is 0 Å². The van der Waals surface area contributed by atoms with E-state index in [1.807, 2.05) is 56.7 Å². The van der Waals surface area contributed by atoms with Gasteiger partial charge >= 0.3 is 12.2 Å². The van der Waals surface area contributed by atoms with Crippen LogP contribution in [0.2, 0.25) is 0 Å². The van der Waals surface area contributed by atoms with E-state index in [2.05, 4.69) is 86.1 Å². The van der Waals surface area contributed by atoms with Crippen LogP contribution in [0.4, 0.5) is 36.9 Å². The number of halogens is 1. The Morgan fingerprint density at radius 3 is 1.48 bits per heavy atom. The number of carbonyl (C=O) groups excluding carboxylic acids is 5. The lowest BCUT2D eigenvalue weighted by atomic mass is 9.73. The minimum Gasteiger partial charge on any atom is -0.472 e. The van der Waals surface area contributed by atoms with Crippen LogP contribution in [0.15, 0.2) is 120 Å². The highest BCUT2D eigenvalue weighted by Crippen LogP contribution is 2.53. The van der Waals surface area contributed by atoms with E-state index in [-0.39, 0.29) is 52.0 Å². The first-order valence-electron chi connectivity index (χ1n) is 37.1. The number of carbonyl (C=O) groups is 5. The summed E-state index contributed by atoms with van der Waals surface area (Å²) in [5.74, 6) is 1.04. The third kappa shape index (κ3) is 14.4. The molecule has 0 N–H and O–H groups in total. The van der Waals surface area contributed by atoms with E-state index < -0.39 is 0 Å². The molecule has 0 bridgehead atoms. The lowest BCUT2D eigenvalue weighted by molar-refractivity contribution is -0.117. The largest absolute Gasteiger partial charge is 0.472 e. The van der Waals surface area contributed by atoms with E-state index in [1.165, 1.54) is 40.1 Å². The first-order valence-corrected chi connectivity index (χ1v) is 37.1. The molecular weight excluding hydrogens is 1260 g/mol. The number of nitrogens with zero attached hydrogens (tertiary/aromatic N) is 11. The number of fused-ring (bicyclic) bond motifs is 6. The highest BCUT2D eigenvalue weighted by atomic mass is 19.1. The minimum atomic E-state index is -0.248. The molecule has 4 aromatic carbocycles. The summed E-state index contributed by atoms with van der Waals surface area (Å²) in [6, 6.07) is 31.6. The number of benzene rings is 4. The highest BCUT2D eigenvalue weighted by Gasteiger charge is 2.51. The van der Waals surface area contributed by atoms with Crippen molar-refractivity contribution in [2.75, 3.05) is 131 Å². The van der Waals surface area contributed by atoms with Crippen LogP contribution < -0.4 is 19.6 Å². The van der Waals surface area contributed by atoms with Gasteiger partial charge in [0.15, 0.2) is 0 Å². The number of anilines is 4. The van der Waals surface area contributed by atoms with Crippen LogP contribution in [-0.4, -0.2) is 194 Å². The molecular formula is C80H102FN11O8. The topological polar surface area (TPSA) is 172 Å². The van der Waals surface area contributed by atoms with Crippen molar-refractivity contribution in [1.82, 2.24) is 34.5 Å². The van der Waals surface area contributed by atoms with E-state index in [4.69, 9.17) is 18.9 Å². The average molecular weight is 1360 g/mol. The maximum absolute atomic E-state index is 13.3. The Hall–Kier alpha value is -8.20. The zero-order chi connectivity index (χ0) is 69.7. The number of likely N-dealkylation sites (tertiary alicyclic amines) is 5. The summed E-state index contributed by atoms with van der Waals surface area (Å²) in [5, 5.41) is 0. The molecule has 11 heterocycles. The molecule has 9 aliphatic heterocycles. The lowest BCUT2D eigenvalue weighted by Gasteiger charge is -2.45. The number of hydrogen-bond donors (Lipinski definition) is 0. The molecule has 5 amide bonds. The molecule has 19 nitrogen and oxygen atoms in total. The van der Waals surface area contributed by atoms with Crippen LogP contribution in [0.5, 0.6) is 0 Å². The molecule has 0 aliphatic carbocycles. The van der Waals surface area contributed by atoms with Gasteiger partial charge in [0.2, 0.25) is 17.7 Å². The summed E-state index contributed by atoms with van der Waals surface area (Å²) in [5.41, 5.74) is 12.7. The Labute approximate surface area is 589 Å². The molecule has 3 spiro atoms. The number of aromatic nitrogens is 2. The van der Waals surface area contributed by atoms with Gasteiger partial charge < -0.3 is 58.0 Å². The Morgan fingerprint density at radius 1 is 0.510 bits per heavy atom. The number of ether oxygens (including phenoxy) is 2. The molecule has 0 radical (unpaired) electrons. The predicted molar refractivity (Wildman–Crippen MR) is 388 cm³/mol. The summed E-state index contributed by atoms with van der Waals surface area (Å²) in [7, 11) is 0. The van der Waals surface area contributed by atoms with Crippen molar-refractivity contribution in [2.24, 2.45) is 0 Å². The van der Waals surface area contributed by atoms with E-state index >= 15 is 0 Å². The van der Waals surface area contributed by atoms with Crippen molar-refractivity contribution in [3.05, 3.63) is 144 Å². The van der Waals surface area contributed by atoms with Crippen LogP contribution >= 0.6 is 0 Å². The minimum absolute atomic E-state index is 0.00286. The lowest BCUT2D eigenvalue weighted by Crippen LogP contribution is -2.52. The van der Waals surface area contributed by atoms with E-state index in [1.54, 1.807) is 51.6 Å². The van der Waals surface area contributed by atoms with Gasteiger partial charge in [-0.3, -0.25) is 19.4 Å². The monoisotopic (exact) mass is 1360 g/mol. The van der Waals surface area contributed by atoms with Crippen molar-refractivity contribution in [3.63, 3.8) is 0 Å². The van der Waals surface area contributed by atoms with E-state index in [0.717, 1.165) is 228 Å². The van der Waals surface area contributed by atoms with Crippen LogP contribution in [0.3, 0.4) is 0 Å². The van der Waals surface area contributed by atoms with Gasteiger partial charge in [-0.1, -0.05) is 67.9 Å². The maximum atomic E-state index is 13.3. The number of para-hydroxylation sites is 3. The van der Waals surface area contributed by atoms with E-state index in [9.17, 15) is 28.4 Å². The van der Waals surface area contributed by atoms with Gasteiger partial charge in [0, 0.05) is 136 Å². The summed E-state index contributed by atoms with van der Waals surface area (Å²) in [4.78, 5) is 90.6. The number of hydrogen-bond acceptors (Lipinski definition) is 14. The molecule has 100 heavy (non-hydrogen) atoms. The molecule has 15 rings (SSSR count). The van der Waals surface area contributed by atoms with Crippen molar-refractivity contribution in [2.45, 2.75) is 166 Å². The summed E-state index contributed by atoms with van der Waals surface area (Å²) < 4.78 is 29.0. The van der Waals surface area contributed by atoms with Gasteiger partial charge in [0.1, 0.15) is 11.6 Å². The van der Waals surface area contributed by atoms with Crippen LogP contribution in [0.1, 0.15) is 147 Å². The molecule has 6 fully saturated rings. The van der Waals surface area contributed by atoms with Crippen LogP contribution in [0, 0.1) is 5.82 Å². The van der Waals surface area contributed by atoms with Gasteiger partial charge in [-0.25, -0.2) is 19.0 Å². The Kier molecular flexibility index (Phi) is 21.5. The normalized spacial score (nSPS) is 20.7. The third-order valence-corrected chi connectivity index (χ3v) is 23.8. The Balaban J connectivity index is 0.000000135. The molecule has 2 aromatic heterocycles. The highest BCUT2D eigenvalue weighted by molar-refractivity contribution is 6.00. The predicted octanol–water partition coefficient (Wildman–Crippen LogP) is 12.9. The second kappa shape index (κ2) is 30.6. The molecule has 6 aromatic rings. The standard InChI is InChI=1S/C29H32FN5O.C26H33N3O4.C25H37N3O3/c1-21(36)35-20-29(25-4-2-3-5-27(25)35)12-16-33(17-13-29)24-10-14-34(15-11-24)28-19-31-18-26(32-28)22-6-8-23(30)9-7-22;1-3-33-25(31)28-12-7-21(8-13-28)27-14-10-26(11-15-27)18-29(19(2)30)24-22(5-4-6-23(24)26)20-9-16-32-17-20;1-4-7-20-8-6-9-22-23(20)28(19(3)29)18-25(22)12-16-26(17-13-25)21-10-14-27(15-11-21)24(30)31-5-2/h2-9,18-19,24H,10-17,20H2,1H3;4-6,9,16-17,21H,3,7-8,10-15,18H2,1-2H3;6,8-9,21H,4-5,7,10-18H2,1-3H3. The first-order chi connectivity index (χ1) is 48.5. The fourth-order valence-electron chi connectivity index (χ4n) is 18.3. The molecule has 0 unspecified atom stereocenters. The van der Waals surface area contributed by atoms with Gasteiger partial charge in [0.05, 0.1) is 55.2 Å². The molecule has 0 saturated carbocycles. The van der Waals surface area contributed by atoms with Crippen molar-refractivity contribution in [3.8, 4) is 22.4 Å². The number of aryl methyl sites for hydroxylation is 1. The summed E-state index contributed by atoms with van der Waals surface area (Å²) in [6.45, 7) is 25.5. The first kappa shape index (κ1) is 70.2. The second-order valence-electron chi connectivity index (χ2n) is 29.4. The quantitative estimate of drug-likeness (QED) is 0.127. The van der Waals surface area contributed by atoms with E-state index in [0.29, 0.717) is 31.3 Å².